The van der Waals surface area contributed by atoms with Crippen LogP contribution in [0.2, 0.25) is 0 Å². The first kappa shape index (κ1) is 31.6. The molecule has 0 radical (unpaired) electrons. The summed E-state index contributed by atoms with van der Waals surface area (Å²) in [6.07, 6.45) is 3.23. The number of benzene rings is 1. The Balaban J connectivity index is 0.00000260. The molecule has 0 aliphatic carbocycles. The minimum absolute atomic E-state index is 0.148. The van der Waals surface area contributed by atoms with Crippen LogP contribution in [0.5, 0.6) is 0 Å². The molecule has 3 rings (SSSR count). The summed E-state index contributed by atoms with van der Waals surface area (Å²) in [6, 6.07) is 6.64. The van der Waals surface area contributed by atoms with Gasteiger partial charge in [-0.3, -0.25) is 9.48 Å². The van der Waals surface area contributed by atoms with Gasteiger partial charge >= 0.3 is 6.18 Å². The lowest BCUT2D eigenvalue weighted by Crippen LogP contribution is -2.30. The second-order valence-corrected chi connectivity index (χ2v) is 9.06. The number of ether oxygens (including phenoxy) is 1. The molecule has 1 aromatic carbocycles. The van der Waals surface area contributed by atoms with E-state index in [4.69, 9.17) is 4.74 Å². The zero-order valence-electron chi connectivity index (χ0n) is 23.1. The molecule has 1 aliphatic rings. The number of nitrogens with one attached hydrogen (secondary N) is 1. The third-order valence-electron chi connectivity index (χ3n) is 6.40. The fourth-order valence-corrected chi connectivity index (χ4v) is 4.15. The van der Waals surface area contributed by atoms with E-state index in [9.17, 15) is 18.0 Å². The topological polar surface area (TPSA) is 56.2 Å². The van der Waals surface area contributed by atoms with Crippen LogP contribution in [0, 0.1) is 0 Å². The van der Waals surface area contributed by atoms with Crippen molar-refractivity contribution in [3.8, 4) is 0 Å². The lowest BCUT2D eigenvalue weighted by atomic mass is 9.83. The van der Waals surface area contributed by atoms with Gasteiger partial charge < -0.3 is 10.1 Å². The van der Waals surface area contributed by atoms with Crippen LogP contribution in [0.15, 0.2) is 91.3 Å². The quantitative estimate of drug-likeness (QED) is 0.243. The average molecular weight is 542 g/mol. The number of allylic oxidation sites excluding steroid dienone is 4. The standard InChI is InChI=1S/C29H32F3N3O2.C2H6/c1-6-8-26(24-15-34-35(16-24)25-17-37-18-25)28(19(3)14-33-27(36)7-2)21(5)20(4)23-11-9-22(10-12-23)13-29(30,31)32;1-2/h6-12,15-16,20,25H,1-3,13-14,17-18H2,4-5H3,(H,33,36);1-2H3/b26-8-,28-21+;. The second-order valence-electron chi connectivity index (χ2n) is 9.06. The van der Waals surface area contributed by atoms with E-state index in [1.54, 1.807) is 24.4 Å². The molecule has 1 aliphatic heterocycles. The normalized spacial score (nSPS) is 15.2. The molecule has 8 heteroatoms. The Morgan fingerprint density at radius 2 is 1.87 bits per heavy atom. The van der Waals surface area contributed by atoms with Gasteiger partial charge in [-0.2, -0.15) is 18.3 Å². The Morgan fingerprint density at radius 3 is 2.38 bits per heavy atom. The Morgan fingerprint density at radius 1 is 1.23 bits per heavy atom. The van der Waals surface area contributed by atoms with Gasteiger partial charge in [-0.1, -0.05) is 82.5 Å². The first-order valence-corrected chi connectivity index (χ1v) is 12.9. The van der Waals surface area contributed by atoms with Gasteiger partial charge in [0.2, 0.25) is 5.91 Å². The Labute approximate surface area is 229 Å². The number of hydrogen-bond acceptors (Lipinski definition) is 3. The van der Waals surface area contributed by atoms with Gasteiger partial charge in [-0.05, 0) is 40.8 Å². The largest absolute Gasteiger partial charge is 0.393 e. The molecule has 0 saturated carbocycles. The predicted molar refractivity (Wildman–Crippen MR) is 151 cm³/mol. The summed E-state index contributed by atoms with van der Waals surface area (Å²) in [5.74, 6) is -0.469. The van der Waals surface area contributed by atoms with Crippen molar-refractivity contribution in [1.82, 2.24) is 15.1 Å². The maximum absolute atomic E-state index is 12.8. The van der Waals surface area contributed by atoms with Crippen molar-refractivity contribution in [2.45, 2.75) is 52.3 Å². The number of carbonyl (C=O) groups excluding carboxylic acids is 1. The summed E-state index contributed by atoms with van der Waals surface area (Å²) in [4.78, 5) is 11.9. The molecular formula is C31H38F3N3O2. The van der Waals surface area contributed by atoms with E-state index in [0.29, 0.717) is 18.8 Å². The second kappa shape index (κ2) is 14.5. The van der Waals surface area contributed by atoms with E-state index in [-0.39, 0.29) is 30.0 Å². The third kappa shape index (κ3) is 8.68. The number of carbonyl (C=O) groups is 1. The van der Waals surface area contributed by atoms with Gasteiger partial charge in [-0.25, -0.2) is 0 Å². The minimum atomic E-state index is -4.26. The third-order valence-corrected chi connectivity index (χ3v) is 6.40. The van der Waals surface area contributed by atoms with Gasteiger partial charge in [0.1, 0.15) is 0 Å². The van der Waals surface area contributed by atoms with Crippen molar-refractivity contribution in [2.75, 3.05) is 19.8 Å². The van der Waals surface area contributed by atoms with E-state index in [1.165, 1.54) is 18.2 Å². The lowest BCUT2D eigenvalue weighted by Gasteiger charge is -2.26. The molecule has 1 unspecified atom stereocenters. The van der Waals surface area contributed by atoms with Gasteiger partial charge in [0.15, 0.2) is 0 Å². The molecule has 2 aromatic rings. The van der Waals surface area contributed by atoms with Crippen LogP contribution in [0.3, 0.4) is 0 Å². The monoisotopic (exact) mass is 541 g/mol. The Bertz CT molecular complexity index is 1220. The van der Waals surface area contributed by atoms with Crippen molar-refractivity contribution in [3.05, 3.63) is 108 Å². The molecule has 1 amide bonds. The van der Waals surface area contributed by atoms with Crippen LogP contribution < -0.4 is 5.32 Å². The molecule has 1 aromatic heterocycles. The van der Waals surface area contributed by atoms with E-state index >= 15 is 0 Å². The highest BCUT2D eigenvalue weighted by atomic mass is 19.4. The van der Waals surface area contributed by atoms with Crippen LogP contribution >= 0.6 is 0 Å². The SMILES string of the molecule is C=C/C=C(\C(C(=C)CNC(=O)C=C)=C(/C)C(C)c1ccc(CC(F)(F)F)cc1)c1cnn(C2COC2)c1.CC. The number of halogens is 3. The summed E-state index contributed by atoms with van der Waals surface area (Å²) in [5.41, 5.74) is 5.18. The van der Waals surface area contributed by atoms with Crippen molar-refractivity contribution in [1.29, 1.82) is 0 Å². The first-order valence-electron chi connectivity index (χ1n) is 12.9. The molecule has 1 N–H and O–H groups in total. The molecule has 39 heavy (non-hydrogen) atoms. The summed E-state index contributed by atoms with van der Waals surface area (Å²) in [6.45, 7) is 21.0. The highest BCUT2D eigenvalue weighted by Crippen LogP contribution is 2.37. The highest BCUT2D eigenvalue weighted by Gasteiger charge is 2.28. The molecule has 1 fully saturated rings. The van der Waals surface area contributed by atoms with Crippen molar-refractivity contribution >= 4 is 11.5 Å². The highest BCUT2D eigenvalue weighted by molar-refractivity contribution is 5.88. The van der Waals surface area contributed by atoms with E-state index < -0.39 is 12.6 Å². The van der Waals surface area contributed by atoms with Crippen LogP contribution in [0.1, 0.15) is 56.3 Å². The van der Waals surface area contributed by atoms with Crippen LogP contribution in [-0.4, -0.2) is 41.6 Å². The van der Waals surface area contributed by atoms with Gasteiger partial charge in [0.25, 0.3) is 0 Å². The smallest absolute Gasteiger partial charge is 0.377 e. The lowest BCUT2D eigenvalue weighted by molar-refractivity contribution is -0.127. The van der Waals surface area contributed by atoms with Gasteiger partial charge in [0.05, 0.1) is 31.9 Å². The van der Waals surface area contributed by atoms with Crippen molar-refractivity contribution in [2.24, 2.45) is 0 Å². The predicted octanol–water partition coefficient (Wildman–Crippen LogP) is 7.13. The maximum Gasteiger partial charge on any atom is 0.393 e. The first-order chi connectivity index (χ1) is 18.5. The molecule has 0 spiro atoms. The zero-order valence-corrected chi connectivity index (χ0v) is 23.1. The average Bonchev–Trinajstić information content (AvgIpc) is 3.35. The fraction of sp³-hybridized carbons (Fsp3) is 0.355. The molecule has 210 valence electrons. The van der Waals surface area contributed by atoms with Crippen molar-refractivity contribution < 1.29 is 22.7 Å². The fourth-order valence-electron chi connectivity index (χ4n) is 4.15. The summed E-state index contributed by atoms with van der Waals surface area (Å²) in [7, 11) is 0. The summed E-state index contributed by atoms with van der Waals surface area (Å²) in [5, 5.41) is 7.28. The van der Waals surface area contributed by atoms with Crippen LogP contribution in [-0.2, 0) is 16.0 Å². The number of amides is 1. The zero-order chi connectivity index (χ0) is 29.2. The minimum Gasteiger partial charge on any atom is -0.377 e. The number of nitrogens with zero attached hydrogens (tertiary/aromatic N) is 2. The van der Waals surface area contributed by atoms with E-state index in [1.807, 2.05) is 44.6 Å². The van der Waals surface area contributed by atoms with Gasteiger partial charge in [-0.15, -0.1) is 0 Å². The molecule has 5 nitrogen and oxygen atoms in total. The number of rotatable bonds is 11. The molecule has 0 bridgehead atoms. The van der Waals surface area contributed by atoms with Gasteiger partial charge in [0, 0.05) is 24.2 Å². The number of hydrogen-bond donors (Lipinski definition) is 1. The molecular weight excluding hydrogens is 503 g/mol. The van der Waals surface area contributed by atoms with E-state index in [2.05, 4.69) is 30.2 Å². The Kier molecular flexibility index (Phi) is 11.7. The van der Waals surface area contributed by atoms with Crippen molar-refractivity contribution in [3.63, 3.8) is 0 Å². The van der Waals surface area contributed by atoms with E-state index in [0.717, 1.165) is 27.8 Å². The number of aromatic nitrogens is 2. The molecule has 1 saturated heterocycles. The maximum atomic E-state index is 12.8. The van der Waals surface area contributed by atoms with Crippen LogP contribution in [0.4, 0.5) is 13.2 Å². The number of alkyl halides is 3. The molecule has 2 heterocycles. The Hall–Kier alpha value is -3.65. The summed E-state index contributed by atoms with van der Waals surface area (Å²) < 4.78 is 45.5. The summed E-state index contributed by atoms with van der Waals surface area (Å²) >= 11 is 0. The molecule has 1 atom stereocenters. The van der Waals surface area contributed by atoms with Crippen LogP contribution in [0.25, 0.3) is 5.57 Å².